The summed E-state index contributed by atoms with van der Waals surface area (Å²) >= 11 is 0. The highest BCUT2D eigenvalue weighted by atomic mass is 32.2. The molecule has 1 N–H and O–H groups in total. The van der Waals surface area contributed by atoms with Gasteiger partial charge < -0.3 is 14.8 Å². The number of carbonyl (C=O) groups is 1. The number of sulfonamides is 1. The SMILES string of the molecule is COc1ccc(S(=O)(=O)N2CCC[C@@H](C(=O)NCc3cccc(CN4CCOCC4)c3)C2)cc1. The van der Waals surface area contributed by atoms with E-state index in [1.165, 1.54) is 17.0 Å². The lowest BCUT2D eigenvalue weighted by atomic mass is 9.98. The van der Waals surface area contributed by atoms with Gasteiger partial charge in [0.25, 0.3) is 0 Å². The van der Waals surface area contributed by atoms with Gasteiger partial charge >= 0.3 is 0 Å². The summed E-state index contributed by atoms with van der Waals surface area (Å²) in [5, 5.41) is 3.02. The number of carbonyl (C=O) groups excluding carboxylic acids is 1. The number of rotatable bonds is 8. The zero-order valence-corrected chi connectivity index (χ0v) is 20.4. The molecule has 2 aromatic carbocycles. The van der Waals surface area contributed by atoms with Gasteiger partial charge in [-0.1, -0.05) is 24.3 Å². The molecule has 0 radical (unpaired) electrons. The van der Waals surface area contributed by atoms with Gasteiger partial charge in [-0.25, -0.2) is 8.42 Å². The average molecular weight is 488 g/mol. The number of piperidine rings is 1. The summed E-state index contributed by atoms with van der Waals surface area (Å²) in [5.74, 6) is 0.135. The van der Waals surface area contributed by atoms with Gasteiger partial charge in [-0.05, 0) is 48.2 Å². The molecule has 2 heterocycles. The first-order valence-electron chi connectivity index (χ1n) is 11.8. The second kappa shape index (κ2) is 11.3. The second-order valence-electron chi connectivity index (χ2n) is 8.80. The van der Waals surface area contributed by atoms with Crippen LogP contribution in [-0.4, -0.2) is 70.0 Å². The average Bonchev–Trinajstić information content (AvgIpc) is 2.88. The molecule has 184 valence electrons. The van der Waals surface area contributed by atoms with Crippen molar-refractivity contribution in [2.75, 3.05) is 46.5 Å². The van der Waals surface area contributed by atoms with E-state index >= 15 is 0 Å². The molecule has 0 aromatic heterocycles. The van der Waals surface area contributed by atoms with E-state index in [0.29, 0.717) is 31.7 Å². The van der Waals surface area contributed by atoms with Crippen molar-refractivity contribution < 1.29 is 22.7 Å². The maximum Gasteiger partial charge on any atom is 0.243 e. The summed E-state index contributed by atoms with van der Waals surface area (Å²) in [6, 6.07) is 14.6. The van der Waals surface area contributed by atoms with Crippen molar-refractivity contribution in [3.05, 3.63) is 59.7 Å². The fraction of sp³-hybridized carbons (Fsp3) is 0.480. The molecule has 0 saturated carbocycles. The zero-order chi connectivity index (χ0) is 24.0. The van der Waals surface area contributed by atoms with Gasteiger partial charge in [-0.2, -0.15) is 4.31 Å². The van der Waals surface area contributed by atoms with Crippen LogP contribution in [0.15, 0.2) is 53.4 Å². The van der Waals surface area contributed by atoms with E-state index in [0.717, 1.165) is 38.4 Å². The highest BCUT2D eigenvalue weighted by molar-refractivity contribution is 7.89. The lowest BCUT2D eigenvalue weighted by molar-refractivity contribution is -0.126. The van der Waals surface area contributed by atoms with Crippen molar-refractivity contribution in [1.29, 1.82) is 0 Å². The molecule has 9 heteroatoms. The van der Waals surface area contributed by atoms with Crippen molar-refractivity contribution in [2.45, 2.75) is 30.8 Å². The van der Waals surface area contributed by atoms with Crippen LogP contribution in [0.2, 0.25) is 0 Å². The molecule has 34 heavy (non-hydrogen) atoms. The Labute approximate surface area is 201 Å². The largest absolute Gasteiger partial charge is 0.497 e. The van der Waals surface area contributed by atoms with Crippen LogP contribution < -0.4 is 10.1 Å². The summed E-state index contributed by atoms with van der Waals surface area (Å²) in [7, 11) is -2.12. The monoisotopic (exact) mass is 487 g/mol. The van der Waals surface area contributed by atoms with Gasteiger partial charge in [-0.15, -0.1) is 0 Å². The molecule has 2 fully saturated rings. The molecule has 1 amide bonds. The van der Waals surface area contributed by atoms with Gasteiger partial charge in [0.1, 0.15) is 5.75 Å². The maximum atomic E-state index is 13.1. The first-order chi connectivity index (χ1) is 16.5. The summed E-state index contributed by atoms with van der Waals surface area (Å²) in [5.41, 5.74) is 2.25. The number of benzene rings is 2. The van der Waals surface area contributed by atoms with E-state index < -0.39 is 10.0 Å². The third kappa shape index (κ3) is 6.15. The molecule has 2 aromatic rings. The van der Waals surface area contributed by atoms with Crippen LogP contribution in [-0.2, 0) is 32.6 Å². The molecule has 0 bridgehead atoms. The first kappa shape index (κ1) is 24.7. The Kier molecular flexibility index (Phi) is 8.20. The van der Waals surface area contributed by atoms with E-state index in [4.69, 9.17) is 9.47 Å². The van der Waals surface area contributed by atoms with E-state index in [2.05, 4.69) is 22.3 Å². The third-order valence-electron chi connectivity index (χ3n) is 6.42. The molecular formula is C25H33N3O5S. The first-order valence-corrected chi connectivity index (χ1v) is 13.2. The Hall–Kier alpha value is -2.46. The topological polar surface area (TPSA) is 88.2 Å². The lowest BCUT2D eigenvalue weighted by Crippen LogP contribution is -2.45. The number of amides is 1. The summed E-state index contributed by atoms with van der Waals surface area (Å²) in [6.07, 6.45) is 1.33. The van der Waals surface area contributed by atoms with Crippen molar-refractivity contribution in [3.63, 3.8) is 0 Å². The summed E-state index contributed by atoms with van der Waals surface area (Å²) in [6.45, 7) is 5.30. The minimum atomic E-state index is -3.66. The Morgan fingerprint density at radius 3 is 2.56 bits per heavy atom. The second-order valence-corrected chi connectivity index (χ2v) is 10.7. The molecule has 2 aliphatic heterocycles. The quantitative estimate of drug-likeness (QED) is 0.615. The highest BCUT2D eigenvalue weighted by Gasteiger charge is 2.33. The fourth-order valence-corrected chi connectivity index (χ4v) is 5.98. The number of hydrogen-bond acceptors (Lipinski definition) is 6. The molecule has 4 rings (SSSR count). The van der Waals surface area contributed by atoms with Gasteiger partial charge in [0, 0.05) is 39.3 Å². The number of hydrogen-bond donors (Lipinski definition) is 1. The Morgan fingerprint density at radius 2 is 1.82 bits per heavy atom. The number of nitrogens with one attached hydrogen (secondary N) is 1. The van der Waals surface area contributed by atoms with E-state index in [9.17, 15) is 13.2 Å². The normalized spacial score (nSPS) is 20.1. The molecule has 0 spiro atoms. The minimum Gasteiger partial charge on any atom is -0.497 e. The predicted molar refractivity (Wildman–Crippen MR) is 129 cm³/mol. The molecule has 1 atom stereocenters. The molecule has 2 saturated heterocycles. The highest BCUT2D eigenvalue weighted by Crippen LogP contribution is 2.25. The number of morpholine rings is 1. The van der Waals surface area contributed by atoms with E-state index in [1.807, 2.05) is 12.1 Å². The van der Waals surface area contributed by atoms with Crippen LogP contribution in [0.4, 0.5) is 0 Å². The van der Waals surface area contributed by atoms with Crippen molar-refractivity contribution in [2.24, 2.45) is 5.92 Å². The van der Waals surface area contributed by atoms with Crippen LogP contribution in [0, 0.1) is 5.92 Å². The fourth-order valence-electron chi connectivity index (χ4n) is 4.46. The Balaban J connectivity index is 1.33. The number of methoxy groups -OCH3 is 1. The maximum absolute atomic E-state index is 13.1. The molecule has 8 nitrogen and oxygen atoms in total. The molecule has 0 aliphatic carbocycles. The van der Waals surface area contributed by atoms with Crippen molar-refractivity contribution >= 4 is 15.9 Å². The summed E-state index contributed by atoms with van der Waals surface area (Å²) < 4.78 is 38.1. The molecular weight excluding hydrogens is 454 g/mol. The molecule has 2 aliphatic rings. The third-order valence-corrected chi connectivity index (χ3v) is 8.30. The van der Waals surface area contributed by atoms with Crippen LogP contribution in [0.1, 0.15) is 24.0 Å². The minimum absolute atomic E-state index is 0.104. The van der Waals surface area contributed by atoms with Crippen LogP contribution in [0.5, 0.6) is 5.75 Å². The van der Waals surface area contributed by atoms with Crippen molar-refractivity contribution in [1.82, 2.24) is 14.5 Å². The summed E-state index contributed by atoms with van der Waals surface area (Å²) in [4.78, 5) is 15.5. The van der Waals surface area contributed by atoms with E-state index in [1.54, 1.807) is 24.3 Å². The van der Waals surface area contributed by atoms with E-state index in [-0.39, 0.29) is 23.3 Å². The number of ether oxygens (including phenoxy) is 2. The van der Waals surface area contributed by atoms with Crippen molar-refractivity contribution in [3.8, 4) is 5.75 Å². The van der Waals surface area contributed by atoms with Gasteiger partial charge in [0.05, 0.1) is 31.1 Å². The smallest absolute Gasteiger partial charge is 0.243 e. The van der Waals surface area contributed by atoms with Crippen LogP contribution in [0.3, 0.4) is 0 Å². The Bertz CT molecular complexity index is 1070. The number of nitrogens with zero attached hydrogens (tertiary/aromatic N) is 2. The van der Waals surface area contributed by atoms with Gasteiger partial charge in [0.2, 0.25) is 15.9 Å². The zero-order valence-electron chi connectivity index (χ0n) is 19.6. The van der Waals surface area contributed by atoms with Gasteiger partial charge in [-0.3, -0.25) is 9.69 Å². The predicted octanol–water partition coefficient (Wildman–Crippen LogP) is 2.24. The lowest BCUT2D eigenvalue weighted by Gasteiger charge is -2.31. The Morgan fingerprint density at radius 1 is 1.09 bits per heavy atom. The van der Waals surface area contributed by atoms with Crippen LogP contribution in [0.25, 0.3) is 0 Å². The standard InChI is InChI=1S/C25H33N3O5S/c1-32-23-7-9-24(10-8-23)34(30,31)28-11-3-6-22(19-28)25(29)26-17-20-4-2-5-21(16-20)18-27-12-14-33-15-13-27/h2,4-5,7-10,16,22H,3,6,11-15,17-19H2,1H3,(H,26,29)/t22-/m1/s1. The van der Waals surface area contributed by atoms with Crippen LogP contribution >= 0.6 is 0 Å². The molecule has 0 unspecified atom stereocenters. The van der Waals surface area contributed by atoms with Gasteiger partial charge in [0.15, 0.2) is 0 Å².